The molecule has 1 aliphatic heterocycles. The van der Waals surface area contributed by atoms with Crippen LogP contribution in [-0.2, 0) is 4.74 Å². The molecule has 0 bridgehead atoms. The smallest absolute Gasteiger partial charge is 0.256 e. The molecule has 1 saturated heterocycles. The highest BCUT2D eigenvalue weighted by Gasteiger charge is 2.30. The average molecular weight is 293 g/mol. The van der Waals surface area contributed by atoms with Gasteiger partial charge in [0, 0.05) is 12.1 Å². The molecular weight excluding hydrogens is 277 g/mol. The first kappa shape index (κ1) is 14.0. The Morgan fingerprint density at radius 2 is 2.29 bits per heavy atom. The molecule has 1 fully saturated rings. The van der Waals surface area contributed by atoms with Gasteiger partial charge in [-0.3, -0.25) is 0 Å². The Hall–Kier alpha value is -1.99. The summed E-state index contributed by atoms with van der Waals surface area (Å²) in [7, 11) is 1.41. The fourth-order valence-corrected chi connectivity index (χ4v) is 2.34. The summed E-state index contributed by atoms with van der Waals surface area (Å²) in [4.78, 5) is 4.31. The highest BCUT2D eigenvalue weighted by atomic mass is 19.1. The highest BCUT2D eigenvalue weighted by Crippen LogP contribution is 2.32. The first-order chi connectivity index (χ1) is 10.2. The van der Waals surface area contributed by atoms with Gasteiger partial charge in [0.2, 0.25) is 5.82 Å². The van der Waals surface area contributed by atoms with E-state index in [4.69, 9.17) is 19.7 Å². The van der Waals surface area contributed by atoms with E-state index in [1.165, 1.54) is 19.2 Å². The molecule has 1 aliphatic rings. The number of rotatable bonds is 4. The van der Waals surface area contributed by atoms with E-state index in [0.29, 0.717) is 23.8 Å². The van der Waals surface area contributed by atoms with Crippen molar-refractivity contribution in [2.45, 2.75) is 25.0 Å². The van der Waals surface area contributed by atoms with Gasteiger partial charge in [-0.15, -0.1) is 0 Å². The first-order valence-corrected chi connectivity index (χ1v) is 6.74. The number of nitrogens with zero attached hydrogens (tertiary/aromatic N) is 2. The normalized spacial score (nSPS) is 21.7. The van der Waals surface area contributed by atoms with Crippen LogP contribution in [0.5, 0.6) is 5.75 Å². The molecule has 0 saturated carbocycles. The van der Waals surface area contributed by atoms with Crippen molar-refractivity contribution in [3.05, 3.63) is 29.9 Å². The van der Waals surface area contributed by atoms with Gasteiger partial charge in [0.15, 0.2) is 11.6 Å². The third-order valence-corrected chi connectivity index (χ3v) is 3.50. The van der Waals surface area contributed by atoms with E-state index in [0.717, 1.165) is 12.8 Å². The zero-order valence-electron chi connectivity index (χ0n) is 11.6. The Morgan fingerprint density at radius 3 is 3.00 bits per heavy atom. The molecule has 21 heavy (non-hydrogen) atoms. The van der Waals surface area contributed by atoms with Crippen LogP contribution in [-0.4, -0.2) is 29.9 Å². The van der Waals surface area contributed by atoms with Crippen molar-refractivity contribution in [2.24, 2.45) is 5.73 Å². The number of ether oxygens (including phenoxy) is 2. The molecule has 2 atom stereocenters. The SMILES string of the molecule is COc1cc(-c2noc(C3CCC(CN)O3)n2)ccc1F. The van der Waals surface area contributed by atoms with E-state index >= 15 is 0 Å². The van der Waals surface area contributed by atoms with Crippen LogP contribution in [0.15, 0.2) is 22.7 Å². The topological polar surface area (TPSA) is 83.4 Å². The maximum absolute atomic E-state index is 13.4. The van der Waals surface area contributed by atoms with Crippen LogP contribution in [0.3, 0.4) is 0 Å². The maximum atomic E-state index is 13.4. The van der Waals surface area contributed by atoms with Crippen molar-refractivity contribution in [3.8, 4) is 17.1 Å². The van der Waals surface area contributed by atoms with Crippen LogP contribution in [0.25, 0.3) is 11.4 Å². The van der Waals surface area contributed by atoms with Crippen molar-refractivity contribution in [2.75, 3.05) is 13.7 Å². The predicted octanol–water partition coefficient (Wildman–Crippen LogP) is 2.06. The number of methoxy groups -OCH3 is 1. The van der Waals surface area contributed by atoms with Crippen molar-refractivity contribution in [3.63, 3.8) is 0 Å². The molecule has 2 heterocycles. The minimum absolute atomic E-state index is 0.0382. The molecule has 0 amide bonds. The van der Waals surface area contributed by atoms with Crippen molar-refractivity contribution >= 4 is 0 Å². The number of hydrogen-bond acceptors (Lipinski definition) is 6. The van der Waals surface area contributed by atoms with Gasteiger partial charge in [-0.25, -0.2) is 4.39 Å². The molecular formula is C14H16FN3O3. The van der Waals surface area contributed by atoms with Crippen LogP contribution in [0.1, 0.15) is 24.8 Å². The fourth-order valence-electron chi connectivity index (χ4n) is 2.34. The summed E-state index contributed by atoms with van der Waals surface area (Å²) >= 11 is 0. The summed E-state index contributed by atoms with van der Waals surface area (Å²) in [6, 6.07) is 4.41. The van der Waals surface area contributed by atoms with E-state index in [-0.39, 0.29) is 18.0 Å². The Bertz CT molecular complexity index is 632. The summed E-state index contributed by atoms with van der Waals surface area (Å²) in [5, 5.41) is 3.91. The second-order valence-electron chi connectivity index (χ2n) is 4.87. The van der Waals surface area contributed by atoms with Gasteiger partial charge >= 0.3 is 0 Å². The van der Waals surface area contributed by atoms with E-state index in [9.17, 15) is 4.39 Å². The summed E-state index contributed by atoms with van der Waals surface area (Å²) in [5.74, 6) is 0.501. The lowest BCUT2D eigenvalue weighted by atomic mass is 10.2. The number of benzene rings is 1. The molecule has 2 unspecified atom stereocenters. The summed E-state index contributed by atoms with van der Waals surface area (Å²) in [5.41, 5.74) is 6.20. The standard InChI is InChI=1S/C14H16FN3O3/c1-19-12-6-8(2-4-10(12)15)13-17-14(21-18-13)11-5-3-9(7-16)20-11/h2,4,6,9,11H,3,5,7,16H2,1H3. The molecule has 1 aromatic carbocycles. The number of halogens is 1. The lowest BCUT2D eigenvalue weighted by molar-refractivity contribution is 0.0307. The van der Waals surface area contributed by atoms with Crippen LogP contribution in [0.4, 0.5) is 4.39 Å². The quantitative estimate of drug-likeness (QED) is 0.929. The number of hydrogen-bond donors (Lipinski definition) is 1. The van der Waals surface area contributed by atoms with Gasteiger partial charge in [-0.2, -0.15) is 4.98 Å². The van der Waals surface area contributed by atoms with Crippen molar-refractivity contribution in [1.29, 1.82) is 0 Å². The molecule has 0 radical (unpaired) electrons. The lowest BCUT2D eigenvalue weighted by Crippen LogP contribution is -2.18. The van der Waals surface area contributed by atoms with Crippen molar-refractivity contribution < 1.29 is 18.4 Å². The Labute approximate surface area is 121 Å². The van der Waals surface area contributed by atoms with E-state index in [1.807, 2.05) is 0 Å². The third kappa shape index (κ3) is 2.74. The molecule has 2 N–H and O–H groups in total. The van der Waals surface area contributed by atoms with Crippen LogP contribution >= 0.6 is 0 Å². The third-order valence-electron chi connectivity index (χ3n) is 3.50. The summed E-state index contributed by atoms with van der Waals surface area (Å²) < 4.78 is 29.3. The van der Waals surface area contributed by atoms with Crippen molar-refractivity contribution in [1.82, 2.24) is 10.1 Å². The molecule has 0 spiro atoms. The lowest BCUT2D eigenvalue weighted by Gasteiger charge is -2.07. The first-order valence-electron chi connectivity index (χ1n) is 6.74. The molecule has 0 aliphatic carbocycles. The number of aromatic nitrogens is 2. The minimum atomic E-state index is -0.435. The average Bonchev–Trinajstić information content (AvgIpc) is 3.16. The van der Waals surface area contributed by atoms with E-state index in [2.05, 4.69) is 10.1 Å². The summed E-state index contributed by atoms with van der Waals surface area (Å²) in [6.45, 7) is 0.479. The van der Waals surface area contributed by atoms with Crippen LogP contribution in [0.2, 0.25) is 0 Å². The van der Waals surface area contributed by atoms with Gasteiger partial charge in [-0.1, -0.05) is 5.16 Å². The molecule has 3 rings (SSSR count). The van der Waals surface area contributed by atoms with Crippen LogP contribution in [0, 0.1) is 5.82 Å². The zero-order chi connectivity index (χ0) is 14.8. The summed E-state index contributed by atoms with van der Waals surface area (Å²) in [6.07, 6.45) is 1.50. The Balaban J connectivity index is 1.82. The Kier molecular flexibility index (Phi) is 3.85. The van der Waals surface area contributed by atoms with E-state index < -0.39 is 5.82 Å². The van der Waals surface area contributed by atoms with E-state index in [1.54, 1.807) is 6.07 Å². The van der Waals surface area contributed by atoms with Gasteiger partial charge in [0.1, 0.15) is 6.10 Å². The molecule has 1 aromatic heterocycles. The predicted molar refractivity (Wildman–Crippen MR) is 72.1 cm³/mol. The second kappa shape index (κ2) is 5.79. The van der Waals surface area contributed by atoms with Crippen LogP contribution < -0.4 is 10.5 Å². The number of nitrogens with two attached hydrogens (primary N) is 1. The van der Waals surface area contributed by atoms with Gasteiger partial charge < -0.3 is 19.7 Å². The van der Waals surface area contributed by atoms with Gasteiger partial charge in [0.25, 0.3) is 5.89 Å². The largest absolute Gasteiger partial charge is 0.494 e. The second-order valence-corrected chi connectivity index (χ2v) is 4.87. The van der Waals surface area contributed by atoms with Gasteiger partial charge in [-0.05, 0) is 31.0 Å². The molecule has 2 aromatic rings. The molecule has 6 nitrogen and oxygen atoms in total. The maximum Gasteiger partial charge on any atom is 0.256 e. The minimum Gasteiger partial charge on any atom is -0.494 e. The molecule has 112 valence electrons. The fraction of sp³-hybridized carbons (Fsp3) is 0.429. The monoisotopic (exact) mass is 293 g/mol. The zero-order valence-corrected chi connectivity index (χ0v) is 11.6. The molecule has 7 heteroatoms. The highest BCUT2D eigenvalue weighted by molar-refractivity contribution is 5.57. The van der Waals surface area contributed by atoms with Gasteiger partial charge in [0.05, 0.1) is 13.2 Å². The Morgan fingerprint density at radius 1 is 1.43 bits per heavy atom.